The first-order valence-corrected chi connectivity index (χ1v) is 9.15. The summed E-state index contributed by atoms with van der Waals surface area (Å²) >= 11 is 0. The Morgan fingerprint density at radius 1 is 1.18 bits per heavy atom. The minimum atomic E-state index is -0.939. The molecule has 1 saturated carbocycles. The van der Waals surface area contributed by atoms with E-state index in [1.807, 2.05) is 6.07 Å². The third kappa shape index (κ3) is 4.49. The molecular formula is C20H21N3O5. The van der Waals surface area contributed by atoms with Gasteiger partial charge < -0.3 is 20.1 Å². The summed E-state index contributed by atoms with van der Waals surface area (Å²) in [4.78, 5) is 36.5. The van der Waals surface area contributed by atoms with E-state index in [2.05, 4.69) is 16.7 Å². The van der Waals surface area contributed by atoms with Gasteiger partial charge in [-0.05, 0) is 25.0 Å². The number of amides is 1. The Morgan fingerprint density at radius 3 is 2.57 bits per heavy atom. The molecule has 0 radical (unpaired) electrons. The van der Waals surface area contributed by atoms with Crippen molar-refractivity contribution < 1.29 is 23.9 Å². The molecule has 0 atom stereocenters. The number of esters is 1. The lowest BCUT2D eigenvalue weighted by molar-refractivity contribution is -0.146. The van der Waals surface area contributed by atoms with Crippen LogP contribution in [0, 0.1) is 11.3 Å². The monoisotopic (exact) mass is 383 g/mol. The lowest BCUT2D eigenvalue weighted by Gasteiger charge is -2.31. The van der Waals surface area contributed by atoms with Crippen molar-refractivity contribution >= 4 is 23.3 Å². The maximum Gasteiger partial charge on any atom is 0.347 e. The molecule has 8 heteroatoms. The molecule has 8 nitrogen and oxygen atoms in total. The van der Waals surface area contributed by atoms with Crippen LogP contribution in [0.3, 0.4) is 0 Å². The average molecular weight is 383 g/mol. The Bertz CT molecular complexity index is 835. The van der Waals surface area contributed by atoms with Crippen LogP contribution in [-0.2, 0) is 23.9 Å². The standard InChI is InChI=1S/C20H21N3O5/c21-13-20(9-5-2-6-10-20)23-16(25)12-28-19(26)17-15(24)11-27-18(17)22-14-7-3-1-4-8-14/h1,3-4,7-8,22H,2,5-6,9-12H2,(H,23,25). The molecule has 1 aliphatic heterocycles. The molecular weight excluding hydrogens is 362 g/mol. The van der Waals surface area contributed by atoms with Crippen LogP contribution in [0.25, 0.3) is 0 Å². The number of hydrogen-bond donors (Lipinski definition) is 2. The summed E-state index contributed by atoms with van der Waals surface area (Å²) in [7, 11) is 0. The molecule has 1 aromatic rings. The van der Waals surface area contributed by atoms with Gasteiger partial charge in [0.2, 0.25) is 11.7 Å². The first kappa shape index (κ1) is 19.4. The molecule has 1 heterocycles. The number of rotatable bonds is 6. The van der Waals surface area contributed by atoms with Gasteiger partial charge >= 0.3 is 5.97 Å². The zero-order chi connectivity index (χ0) is 20.0. The quantitative estimate of drug-likeness (QED) is 0.568. The van der Waals surface area contributed by atoms with E-state index < -0.39 is 29.8 Å². The Hall–Kier alpha value is -3.34. The largest absolute Gasteiger partial charge is 0.470 e. The molecule has 0 spiro atoms. The smallest absolute Gasteiger partial charge is 0.347 e. The van der Waals surface area contributed by atoms with Crippen molar-refractivity contribution in [2.24, 2.45) is 0 Å². The van der Waals surface area contributed by atoms with Gasteiger partial charge in [0.25, 0.3) is 5.91 Å². The van der Waals surface area contributed by atoms with E-state index in [-0.39, 0.29) is 18.1 Å². The van der Waals surface area contributed by atoms with E-state index in [0.717, 1.165) is 19.3 Å². The topological polar surface area (TPSA) is 118 Å². The highest BCUT2D eigenvalue weighted by molar-refractivity contribution is 6.20. The van der Waals surface area contributed by atoms with E-state index in [1.165, 1.54) is 0 Å². The molecule has 2 N–H and O–H groups in total. The average Bonchev–Trinajstić information content (AvgIpc) is 3.07. The second-order valence-corrected chi connectivity index (χ2v) is 6.79. The summed E-state index contributed by atoms with van der Waals surface area (Å²) in [5, 5.41) is 14.9. The van der Waals surface area contributed by atoms with Crippen LogP contribution in [0.15, 0.2) is 41.8 Å². The van der Waals surface area contributed by atoms with Gasteiger partial charge in [0.15, 0.2) is 18.8 Å². The number of nitrogens with one attached hydrogen (secondary N) is 2. The van der Waals surface area contributed by atoms with E-state index in [9.17, 15) is 19.6 Å². The number of carbonyl (C=O) groups excluding carboxylic acids is 3. The number of nitrogens with zero attached hydrogens (tertiary/aromatic N) is 1. The maximum atomic E-state index is 12.3. The van der Waals surface area contributed by atoms with Gasteiger partial charge in [0, 0.05) is 5.69 Å². The molecule has 1 fully saturated rings. The highest BCUT2D eigenvalue weighted by Gasteiger charge is 2.35. The summed E-state index contributed by atoms with van der Waals surface area (Å²) in [6, 6.07) is 11.1. The van der Waals surface area contributed by atoms with Crippen molar-refractivity contribution in [3.8, 4) is 6.07 Å². The molecule has 28 heavy (non-hydrogen) atoms. The fraction of sp³-hybridized carbons (Fsp3) is 0.400. The normalized spacial score (nSPS) is 18.0. The number of ketones is 1. The third-order valence-electron chi connectivity index (χ3n) is 4.72. The predicted octanol–water partition coefficient (Wildman–Crippen LogP) is 1.80. The summed E-state index contributed by atoms with van der Waals surface area (Å²) in [5.74, 6) is -2.03. The number of Topliss-reactive ketones (excluding diaryl/α,β-unsaturated/α-hetero) is 1. The van der Waals surface area contributed by atoms with E-state index in [0.29, 0.717) is 18.5 Å². The summed E-state index contributed by atoms with van der Waals surface area (Å²) < 4.78 is 10.2. The van der Waals surface area contributed by atoms with Gasteiger partial charge in [-0.3, -0.25) is 9.59 Å². The molecule has 0 aromatic heterocycles. The number of para-hydroxylation sites is 1. The summed E-state index contributed by atoms with van der Waals surface area (Å²) in [6.07, 6.45) is 3.90. The Balaban J connectivity index is 1.61. The lowest BCUT2D eigenvalue weighted by atomic mass is 9.83. The molecule has 0 saturated heterocycles. The zero-order valence-corrected chi connectivity index (χ0v) is 15.3. The van der Waals surface area contributed by atoms with E-state index >= 15 is 0 Å². The lowest BCUT2D eigenvalue weighted by Crippen LogP contribution is -2.50. The number of ether oxygens (including phenoxy) is 2. The molecule has 1 aliphatic carbocycles. The van der Waals surface area contributed by atoms with Crippen molar-refractivity contribution in [2.75, 3.05) is 18.5 Å². The Morgan fingerprint density at radius 2 is 1.89 bits per heavy atom. The fourth-order valence-electron chi connectivity index (χ4n) is 3.29. The fourth-order valence-corrected chi connectivity index (χ4v) is 3.29. The number of carbonyl (C=O) groups is 3. The molecule has 3 rings (SSSR count). The van der Waals surface area contributed by atoms with Crippen molar-refractivity contribution in [3.05, 3.63) is 41.8 Å². The maximum absolute atomic E-state index is 12.3. The van der Waals surface area contributed by atoms with Crippen LogP contribution < -0.4 is 10.6 Å². The van der Waals surface area contributed by atoms with Crippen LogP contribution >= 0.6 is 0 Å². The van der Waals surface area contributed by atoms with Crippen molar-refractivity contribution in [1.82, 2.24) is 5.32 Å². The van der Waals surface area contributed by atoms with Gasteiger partial charge in [0.1, 0.15) is 5.54 Å². The number of benzene rings is 1. The van der Waals surface area contributed by atoms with Crippen LogP contribution in [-0.4, -0.2) is 36.4 Å². The minimum Gasteiger partial charge on any atom is -0.470 e. The van der Waals surface area contributed by atoms with Gasteiger partial charge in [-0.15, -0.1) is 0 Å². The van der Waals surface area contributed by atoms with E-state index in [1.54, 1.807) is 24.3 Å². The SMILES string of the molecule is N#CC1(NC(=O)COC(=O)C2=C(Nc3ccccc3)OCC2=O)CCCCC1. The first-order valence-electron chi connectivity index (χ1n) is 9.15. The van der Waals surface area contributed by atoms with E-state index in [4.69, 9.17) is 9.47 Å². The van der Waals surface area contributed by atoms with Crippen LogP contribution in [0.1, 0.15) is 32.1 Å². The highest BCUT2D eigenvalue weighted by Crippen LogP contribution is 2.27. The molecule has 0 bridgehead atoms. The Labute approximate surface area is 162 Å². The Kier molecular flexibility index (Phi) is 5.94. The minimum absolute atomic E-state index is 0.00221. The molecule has 146 valence electrons. The van der Waals surface area contributed by atoms with Crippen molar-refractivity contribution in [2.45, 2.75) is 37.6 Å². The van der Waals surface area contributed by atoms with Gasteiger partial charge in [-0.1, -0.05) is 37.5 Å². The second kappa shape index (κ2) is 8.57. The predicted molar refractivity (Wildman–Crippen MR) is 98.6 cm³/mol. The van der Waals surface area contributed by atoms with Crippen LogP contribution in [0.4, 0.5) is 5.69 Å². The molecule has 2 aliphatic rings. The van der Waals surface area contributed by atoms with Crippen molar-refractivity contribution in [3.63, 3.8) is 0 Å². The van der Waals surface area contributed by atoms with Crippen LogP contribution in [0.5, 0.6) is 0 Å². The zero-order valence-electron chi connectivity index (χ0n) is 15.3. The third-order valence-corrected chi connectivity index (χ3v) is 4.72. The summed E-state index contributed by atoms with van der Waals surface area (Å²) in [6.45, 7) is -0.846. The van der Waals surface area contributed by atoms with Gasteiger partial charge in [-0.25, -0.2) is 4.79 Å². The van der Waals surface area contributed by atoms with Gasteiger partial charge in [-0.2, -0.15) is 5.26 Å². The molecule has 1 aromatic carbocycles. The number of anilines is 1. The summed E-state index contributed by atoms with van der Waals surface area (Å²) in [5.41, 5.74) is -0.527. The number of nitriles is 1. The molecule has 0 unspecified atom stereocenters. The van der Waals surface area contributed by atoms with Crippen molar-refractivity contribution in [1.29, 1.82) is 5.26 Å². The van der Waals surface area contributed by atoms with Crippen LogP contribution in [0.2, 0.25) is 0 Å². The highest BCUT2D eigenvalue weighted by atomic mass is 16.5. The second-order valence-electron chi connectivity index (χ2n) is 6.79. The number of hydrogen-bond acceptors (Lipinski definition) is 7. The van der Waals surface area contributed by atoms with Gasteiger partial charge in [0.05, 0.1) is 6.07 Å². The first-order chi connectivity index (χ1) is 13.5. The molecule has 1 amide bonds.